The highest BCUT2D eigenvalue weighted by molar-refractivity contribution is 6.16. The first-order valence-electron chi connectivity index (χ1n) is 6.37. The second-order valence-corrected chi connectivity index (χ2v) is 4.56. The number of halogens is 1. The van der Waals surface area contributed by atoms with Gasteiger partial charge in [-0.2, -0.15) is 0 Å². The molecule has 18 heavy (non-hydrogen) atoms. The number of para-hydroxylation sites is 1. The van der Waals surface area contributed by atoms with Crippen molar-refractivity contribution in [3.63, 3.8) is 0 Å². The van der Waals surface area contributed by atoms with Crippen molar-refractivity contribution in [2.75, 3.05) is 0 Å². The first-order chi connectivity index (χ1) is 8.81. The second kappa shape index (κ2) is 6.01. The molecule has 0 N–H and O–H groups in total. The fraction of sp³-hybridized carbons (Fsp3) is 0.429. The Morgan fingerprint density at radius 2 is 1.78 bits per heavy atom. The maximum absolute atomic E-state index is 5.96. The number of hydrogen-bond acceptors (Lipinski definition) is 2. The zero-order valence-electron chi connectivity index (χ0n) is 10.8. The normalized spacial score (nSPS) is 11.1. The summed E-state index contributed by atoms with van der Waals surface area (Å²) in [6.45, 7) is 4.36. The number of alkyl halides is 1. The Morgan fingerprint density at radius 3 is 2.33 bits per heavy atom. The first-order valence-corrected chi connectivity index (χ1v) is 6.90. The van der Waals surface area contributed by atoms with Crippen LogP contribution in [-0.2, 0) is 5.88 Å². The smallest absolute Gasteiger partial charge is 0.152 e. The highest BCUT2D eigenvalue weighted by atomic mass is 35.5. The van der Waals surface area contributed by atoms with E-state index in [4.69, 9.17) is 11.6 Å². The van der Waals surface area contributed by atoms with Gasteiger partial charge in [-0.25, -0.2) is 0 Å². The summed E-state index contributed by atoms with van der Waals surface area (Å²) in [4.78, 5) is 0. The number of benzene rings is 1. The molecule has 96 valence electrons. The molecule has 2 rings (SSSR count). The van der Waals surface area contributed by atoms with Crippen LogP contribution >= 0.6 is 11.6 Å². The molecule has 0 spiro atoms. The average molecular weight is 264 g/mol. The maximum atomic E-state index is 5.96. The molecule has 0 saturated carbocycles. The van der Waals surface area contributed by atoms with E-state index in [1.165, 1.54) is 0 Å². The fourth-order valence-corrected chi connectivity index (χ4v) is 2.37. The molecule has 0 fully saturated rings. The van der Waals surface area contributed by atoms with Gasteiger partial charge in [-0.05, 0) is 25.0 Å². The van der Waals surface area contributed by atoms with Crippen LogP contribution < -0.4 is 0 Å². The Bertz CT molecular complexity index is 489. The number of hydrogen-bond donors (Lipinski definition) is 0. The summed E-state index contributed by atoms with van der Waals surface area (Å²) in [6, 6.07) is 10.2. The topological polar surface area (TPSA) is 30.7 Å². The molecule has 0 aliphatic carbocycles. The lowest BCUT2D eigenvalue weighted by Gasteiger charge is -2.15. The Hall–Kier alpha value is -1.35. The van der Waals surface area contributed by atoms with Crippen molar-refractivity contribution < 1.29 is 0 Å². The van der Waals surface area contributed by atoms with E-state index in [2.05, 4.69) is 40.7 Å². The second-order valence-electron chi connectivity index (χ2n) is 4.29. The summed E-state index contributed by atoms with van der Waals surface area (Å²) in [5.41, 5.74) is 1.08. The molecule has 0 atom stereocenters. The molecule has 2 aromatic rings. The molecule has 1 heterocycles. The van der Waals surface area contributed by atoms with Gasteiger partial charge in [-0.15, -0.1) is 21.8 Å². The Morgan fingerprint density at radius 1 is 1.11 bits per heavy atom. The third-order valence-corrected chi connectivity index (χ3v) is 3.48. The Kier molecular flexibility index (Phi) is 4.37. The molecule has 0 saturated heterocycles. The first kappa shape index (κ1) is 13.1. The van der Waals surface area contributed by atoms with Gasteiger partial charge in [0.05, 0.1) is 5.88 Å². The minimum Gasteiger partial charge on any atom is -0.282 e. The van der Waals surface area contributed by atoms with Crippen LogP contribution in [-0.4, -0.2) is 14.8 Å². The van der Waals surface area contributed by atoms with Gasteiger partial charge in [0.1, 0.15) is 5.82 Å². The van der Waals surface area contributed by atoms with Crippen molar-refractivity contribution in [3.8, 4) is 5.69 Å². The quantitative estimate of drug-likeness (QED) is 0.766. The largest absolute Gasteiger partial charge is 0.282 e. The van der Waals surface area contributed by atoms with E-state index in [1.54, 1.807) is 0 Å². The summed E-state index contributed by atoms with van der Waals surface area (Å²) >= 11 is 5.96. The van der Waals surface area contributed by atoms with E-state index < -0.39 is 0 Å². The Balaban J connectivity index is 2.53. The lowest BCUT2D eigenvalue weighted by Crippen LogP contribution is -2.08. The van der Waals surface area contributed by atoms with Crippen LogP contribution in [0.2, 0.25) is 0 Å². The number of rotatable bonds is 5. The van der Waals surface area contributed by atoms with Gasteiger partial charge in [-0.3, -0.25) is 4.57 Å². The lowest BCUT2D eigenvalue weighted by atomic mass is 10.0. The zero-order chi connectivity index (χ0) is 13.0. The van der Waals surface area contributed by atoms with Crippen LogP contribution in [0.1, 0.15) is 44.3 Å². The van der Waals surface area contributed by atoms with E-state index in [9.17, 15) is 0 Å². The van der Waals surface area contributed by atoms with Crippen molar-refractivity contribution in [1.82, 2.24) is 14.8 Å². The monoisotopic (exact) mass is 263 g/mol. The molecule has 0 aliphatic rings. The van der Waals surface area contributed by atoms with Crippen molar-refractivity contribution in [2.24, 2.45) is 0 Å². The molecule has 4 heteroatoms. The van der Waals surface area contributed by atoms with Crippen LogP contribution in [0.3, 0.4) is 0 Å². The molecule has 0 radical (unpaired) electrons. The average Bonchev–Trinajstić information content (AvgIpc) is 2.85. The van der Waals surface area contributed by atoms with Crippen LogP contribution in [0.25, 0.3) is 5.69 Å². The molecule has 0 unspecified atom stereocenters. The summed E-state index contributed by atoms with van der Waals surface area (Å²) in [6.07, 6.45) is 2.12. The molecule has 3 nitrogen and oxygen atoms in total. The molecular weight excluding hydrogens is 246 g/mol. The van der Waals surface area contributed by atoms with Crippen LogP contribution in [0, 0.1) is 0 Å². The maximum Gasteiger partial charge on any atom is 0.152 e. The van der Waals surface area contributed by atoms with Crippen LogP contribution in [0.5, 0.6) is 0 Å². The summed E-state index contributed by atoms with van der Waals surface area (Å²) in [7, 11) is 0. The highest BCUT2D eigenvalue weighted by Gasteiger charge is 2.19. The lowest BCUT2D eigenvalue weighted by molar-refractivity contribution is 0.588. The summed E-state index contributed by atoms with van der Waals surface area (Å²) in [5, 5.41) is 8.54. The molecular formula is C14H18ClN3. The van der Waals surface area contributed by atoms with Crippen molar-refractivity contribution >= 4 is 11.6 Å². The molecule has 0 amide bonds. The van der Waals surface area contributed by atoms with Gasteiger partial charge in [0, 0.05) is 11.6 Å². The van der Waals surface area contributed by atoms with Gasteiger partial charge in [0.15, 0.2) is 5.82 Å². The highest BCUT2D eigenvalue weighted by Crippen LogP contribution is 2.25. The van der Waals surface area contributed by atoms with E-state index >= 15 is 0 Å². The van der Waals surface area contributed by atoms with Gasteiger partial charge >= 0.3 is 0 Å². The third-order valence-electron chi connectivity index (χ3n) is 3.24. The molecule has 0 bridgehead atoms. The zero-order valence-corrected chi connectivity index (χ0v) is 11.6. The Labute approximate surface area is 113 Å². The van der Waals surface area contributed by atoms with E-state index in [0.29, 0.717) is 11.8 Å². The van der Waals surface area contributed by atoms with Crippen molar-refractivity contribution in [1.29, 1.82) is 0 Å². The minimum absolute atomic E-state index is 0.377. The molecule has 1 aromatic carbocycles. The standard InChI is InChI=1S/C14H18ClN3/c1-3-11(4-2)14-17-16-13(10-15)18(14)12-8-6-5-7-9-12/h5-9,11H,3-4,10H2,1-2H3. The molecule has 1 aromatic heterocycles. The summed E-state index contributed by atoms with van der Waals surface area (Å²) < 4.78 is 2.09. The van der Waals surface area contributed by atoms with E-state index in [0.717, 1.165) is 30.2 Å². The predicted molar refractivity (Wildman–Crippen MR) is 74.2 cm³/mol. The third kappa shape index (κ3) is 2.41. The van der Waals surface area contributed by atoms with E-state index in [-0.39, 0.29) is 0 Å². The van der Waals surface area contributed by atoms with Crippen molar-refractivity contribution in [3.05, 3.63) is 42.0 Å². The SMILES string of the molecule is CCC(CC)c1nnc(CCl)n1-c1ccccc1. The van der Waals surface area contributed by atoms with Crippen LogP contribution in [0.15, 0.2) is 30.3 Å². The van der Waals surface area contributed by atoms with Gasteiger partial charge in [0.25, 0.3) is 0 Å². The number of aromatic nitrogens is 3. The van der Waals surface area contributed by atoms with Gasteiger partial charge < -0.3 is 0 Å². The van der Waals surface area contributed by atoms with Gasteiger partial charge in [-0.1, -0.05) is 32.0 Å². The minimum atomic E-state index is 0.377. The predicted octanol–water partition coefficient (Wildman–Crippen LogP) is 3.91. The number of nitrogens with zero attached hydrogens (tertiary/aromatic N) is 3. The van der Waals surface area contributed by atoms with Crippen LogP contribution in [0.4, 0.5) is 0 Å². The van der Waals surface area contributed by atoms with Crippen molar-refractivity contribution in [2.45, 2.75) is 38.5 Å². The fourth-order valence-electron chi connectivity index (χ4n) is 2.19. The molecule has 0 aliphatic heterocycles. The van der Waals surface area contributed by atoms with Gasteiger partial charge in [0.2, 0.25) is 0 Å². The van der Waals surface area contributed by atoms with E-state index in [1.807, 2.05) is 18.2 Å². The summed E-state index contributed by atoms with van der Waals surface area (Å²) in [5.74, 6) is 2.63.